The highest BCUT2D eigenvalue weighted by Gasteiger charge is 2.76. The van der Waals surface area contributed by atoms with Gasteiger partial charge in [0.1, 0.15) is 6.04 Å². The fraction of sp³-hybridized carbons (Fsp3) is 0.361. The van der Waals surface area contributed by atoms with Gasteiger partial charge in [-0.1, -0.05) is 79.7 Å². The lowest BCUT2D eigenvalue weighted by Crippen LogP contribution is -2.58. The molecular weight excluding hydrogens is 570 g/mol. The van der Waals surface area contributed by atoms with E-state index in [9.17, 15) is 19.5 Å². The normalized spacial score (nSPS) is 26.9. The van der Waals surface area contributed by atoms with Gasteiger partial charge in [0, 0.05) is 37.1 Å². The van der Waals surface area contributed by atoms with Crippen LogP contribution in [0, 0.1) is 17.8 Å². The summed E-state index contributed by atoms with van der Waals surface area (Å²) in [6, 6.07) is 22.9. The summed E-state index contributed by atoms with van der Waals surface area (Å²) < 4.78 is -0.781. The highest BCUT2D eigenvalue weighted by atomic mass is 32.2. The molecule has 7 nitrogen and oxygen atoms in total. The zero-order valence-corrected chi connectivity index (χ0v) is 25.9. The van der Waals surface area contributed by atoms with Crippen LogP contribution in [0.25, 0.3) is 10.8 Å². The molecule has 3 aliphatic heterocycles. The van der Waals surface area contributed by atoms with Gasteiger partial charge in [-0.15, -0.1) is 24.9 Å². The van der Waals surface area contributed by atoms with Crippen LogP contribution in [0.15, 0.2) is 98.1 Å². The van der Waals surface area contributed by atoms with Crippen molar-refractivity contribution in [3.05, 3.63) is 104 Å². The molecule has 44 heavy (non-hydrogen) atoms. The third kappa shape index (κ3) is 4.85. The van der Waals surface area contributed by atoms with Crippen molar-refractivity contribution in [3.63, 3.8) is 0 Å². The third-order valence-corrected chi connectivity index (χ3v) is 11.7. The first-order chi connectivity index (χ1) is 21.3. The lowest BCUT2D eigenvalue weighted by Gasteiger charge is -2.41. The van der Waals surface area contributed by atoms with Crippen molar-refractivity contribution in [2.24, 2.45) is 17.8 Å². The van der Waals surface area contributed by atoms with Crippen LogP contribution in [-0.4, -0.2) is 74.9 Å². The molecule has 1 N–H and O–H groups in total. The van der Waals surface area contributed by atoms with Crippen LogP contribution in [0.4, 0.5) is 5.69 Å². The Bertz CT molecular complexity index is 1590. The van der Waals surface area contributed by atoms with E-state index in [4.69, 9.17) is 0 Å². The maximum Gasteiger partial charge on any atom is 0.251 e. The topological polar surface area (TPSA) is 81.2 Å². The van der Waals surface area contributed by atoms with Crippen molar-refractivity contribution in [3.8, 4) is 0 Å². The molecule has 3 aromatic carbocycles. The maximum atomic E-state index is 14.8. The Balaban J connectivity index is 1.39. The largest absolute Gasteiger partial charge is 0.395 e. The van der Waals surface area contributed by atoms with E-state index in [-0.39, 0.29) is 48.6 Å². The van der Waals surface area contributed by atoms with Crippen molar-refractivity contribution in [1.29, 1.82) is 0 Å². The summed E-state index contributed by atoms with van der Waals surface area (Å²) in [5, 5.41) is 12.1. The van der Waals surface area contributed by atoms with E-state index in [1.165, 1.54) is 0 Å². The zero-order chi connectivity index (χ0) is 31.0. The molecule has 1 spiro atoms. The van der Waals surface area contributed by atoms with Crippen LogP contribution in [0.1, 0.15) is 18.9 Å². The summed E-state index contributed by atoms with van der Waals surface area (Å²) >= 11 is 1.65. The summed E-state index contributed by atoms with van der Waals surface area (Å²) in [7, 11) is 0. The molecule has 3 amide bonds. The molecule has 8 heteroatoms. The van der Waals surface area contributed by atoms with Crippen LogP contribution in [0.3, 0.4) is 0 Å². The number of hydrogen-bond donors (Lipinski definition) is 1. The molecule has 3 saturated heterocycles. The molecule has 2 bridgehead atoms. The molecule has 3 aromatic rings. The van der Waals surface area contributed by atoms with Crippen LogP contribution < -0.4 is 4.90 Å². The second-order valence-corrected chi connectivity index (χ2v) is 13.6. The number of fused-ring (bicyclic) bond motifs is 2. The Morgan fingerprint density at radius 1 is 1.00 bits per heavy atom. The van der Waals surface area contributed by atoms with Gasteiger partial charge in [-0.05, 0) is 40.8 Å². The highest BCUT2D eigenvalue weighted by molar-refractivity contribution is 8.02. The number of hydrogen-bond acceptors (Lipinski definition) is 5. The first-order valence-corrected chi connectivity index (χ1v) is 16.2. The van der Waals surface area contributed by atoms with Crippen molar-refractivity contribution >= 4 is 45.9 Å². The molecule has 3 heterocycles. The van der Waals surface area contributed by atoms with Gasteiger partial charge in [0.25, 0.3) is 5.91 Å². The van der Waals surface area contributed by atoms with Crippen molar-refractivity contribution in [1.82, 2.24) is 9.80 Å². The average Bonchev–Trinajstić information content (AvgIpc) is 3.63. The number of carbonyl (C=O) groups excluding carboxylic acids is 3. The molecule has 6 rings (SSSR count). The SMILES string of the molecule is C=CCN(Cc1ccccc1)C(=O)[C@@H]1[C@@H]2CC(C)C3(S2)C(C(=O)N(CC=C)c2ccc4ccccc4c2)N(CCO)C(=O)[C@H]13. The minimum absolute atomic E-state index is 0.0253. The fourth-order valence-electron chi connectivity index (χ4n) is 7.78. The number of aliphatic hydroxyl groups excluding tert-OH is 1. The number of likely N-dealkylation sites (tertiary alicyclic amines) is 1. The minimum atomic E-state index is -0.816. The molecular formula is C36H39N3O4S. The van der Waals surface area contributed by atoms with Gasteiger partial charge in [-0.2, -0.15) is 0 Å². The molecule has 3 unspecified atom stereocenters. The molecule has 0 radical (unpaired) electrons. The molecule has 6 atom stereocenters. The maximum absolute atomic E-state index is 14.8. The van der Waals surface area contributed by atoms with Crippen LogP contribution in [0.5, 0.6) is 0 Å². The number of anilines is 1. The quantitative estimate of drug-likeness (QED) is 0.313. The van der Waals surface area contributed by atoms with Crippen molar-refractivity contribution in [2.75, 3.05) is 31.1 Å². The van der Waals surface area contributed by atoms with Gasteiger partial charge in [-0.25, -0.2) is 0 Å². The van der Waals surface area contributed by atoms with Crippen LogP contribution in [0.2, 0.25) is 0 Å². The number of amides is 3. The van der Waals surface area contributed by atoms with Gasteiger partial charge in [0.05, 0.1) is 23.2 Å². The number of thioether (sulfide) groups is 1. The smallest absolute Gasteiger partial charge is 0.251 e. The monoisotopic (exact) mass is 609 g/mol. The van der Waals surface area contributed by atoms with E-state index in [0.29, 0.717) is 13.1 Å². The highest BCUT2D eigenvalue weighted by Crippen LogP contribution is 2.69. The van der Waals surface area contributed by atoms with Gasteiger partial charge in [0.2, 0.25) is 11.8 Å². The summed E-state index contributed by atoms with van der Waals surface area (Å²) in [5.74, 6) is -1.68. The summed E-state index contributed by atoms with van der Waals surface area (Å²) in [6.07, 6.45) is 4.16. The van der Waals surface area contributed by atoms with E-state index in [2.05, 4.69) is 20.1 Å². The lowest BCUT2D eigenvalue weighted by atomic mass is 9.65. The van der Waals surface area contributed by atoms with Gasteiger partial charge in [-0.3, -0.25) is 14.4 Å². The number of aliphatic hydroxyl groups is 1. The van der Waals surface area contributed by atoms with Gasteiger partial charge < -0.3 is 19.8 Å². The summed E-state index contributed by atoms with van der Waals surface area (Å²) in [4.78, 5) is 48.6. The predicted molar refractivity (Wildman–Crippen MR) is 176 cm³/mol. The Kier molecular flexibility index (Phi) is 8.40. The van der Waals surface area contributed by atoms with E-state index in [0.717, 1.165) is 28.4 Å². The van der Waals surface area contributed by atoms with E-state index in [1.54, 1.807) is 38.6 Å². The molecule has 0 aromatic heterocycles. The minimum Gasteiger partial charge on any atom is -0.395 e. The van der Waals surface area contributed by atoms with Crippen molar-refractivity contribution in [2.45, 2.75) is 35.9 Å². The van der Waals surface area contributed by atoms with E-state index < -0.39 is 22.6 Å². The Morgan fingerprint density at radius 3 is 2.41 bits per heavy atom. The number of rotatable bonds is 11. The standard InChI is InChI=1S/C36H39N3O4S/c1-4-17-37(23-25-11-7-6-8-12-25)33(41)30-29-21-24(3)36(44-29)31(30)34(42)39(19-20-40)32(36)35(43)38(18-5-2)28-16-15-26-13-9-10-14-27(26)22-28/h4-16,22,24,29-32,40H,1-2,17-21,23H2,3H3/t24?,29-,30+,31-,32?,36?/m0/s1. The molecule has 3 aliphatic rings. The third-order valence-electron chi connectivity index (χ3n) is 9.61. The molecule has 3 fully saturated rings. The van der Waals surface area contributed by atoms with Crippen LogP contribution in [-0.2, 0) is 20.9 Å². The van der Waals surface area contributed by atoms with Crippen LogP contribution >= 0.6 is 11.8 Å². The van der Waals surface area contributed by atoms with Gasteiger partial charge >= 0.3 is 0 Å². The average molecular weight is 610 g/mol. The Morgan fingerprint density at radius 2 is 1.70 bits per heavy atom. The predicted octanol–water partition coefficient (Wildman–Crippen LogP) is 4.90. The second kappa shape index (κ2) is 12.3. The molecule has 0 aliphatic carbocycles. The van der Waals surface area contributed by atoms with Gasteiger partial charge in [0.15, 0.2) is 0 Å². The molecule has 0 saturated carbocycles. The number of nitrogens with zero attached hydrogens (tertiary/aromatic N) is 3. The number of carbonyl (C=O) groups is 3. The molecule has 228 valence electrons. The first kappa shape index (κ1) is 30.2. The van der Waals surface area contributed by atoms with Crippen molar-refractivity contribution < 1.29 is 19.5 Å². The van der Waals surface area contributed by atoms with E-state index in [1.807, 2.05) is 72.8 Å². The lowest BCUT2D eigenvalue weighted by molar-refractivity contribution is -0.144. The second-order valence-electron chi connectivity index (χ2n) is 12.1. The summed E-state index contributed by atoms with van der Waals surface area (Å²) in [6.45, 7) is 10.7. The zero-order valence-electron chi connectivity index (χ0n) is 25.0. The number of benzene rings is 3. The number of β-amino-alcohol motifs (C(OH)–C–C–N with tert-alkyl or cyclic N) is 1. The Hall–Kier alpha value is -3.88. The van der Waals surface area contributed by atoms with E-state index >= 15 is 0 Å². The first-order valence-electron chi connectivity index (χ1n) is 15.3. The fourth-order valence-corrected chi connectivity index (χ4v) is 10.2. The Labute approximate surface area is 263 Å². The summed E-state index contributed by atoms with van der Waals surface area (Å²) in [5.41, 5.74) is 1.73.